The second-order valence-electron chi connectivity index (χ2n) is 5.39. The number of aryl methyl sites for hydroxylation is 1. The van der Waals surface area contributed by atoms with Crippen LogP contribution in [0, 0.1) is 6.92 Å². The summed E-state index contributed by atoms with van der Waals surface area (Å²) in [5.41, 5.74) is 2.34. The molecule has 1 aromatic carbocycles. The number of halogens is 1. The number of rotatable bonds is 7. The van der Waals surface area contributed by atoms with Gasteiger partial charge in [-0.25, -0.2) is 4.99 Å². The van der Waals surface area contributed by atoms with E-state index in [-0.39, 0.29) is 36.4 Å². The molecule has 2 aromatic rings. The van der Waals surface area contributed by atoms with Crippen molar-refractivity contribution in [2.75, 3.05) is 13.1 Å². The van der Waals surface area contributed by atoms with Crippen molar-refractivity contribution < 1.29 is 9.21 Å². The van der Waals surface area contributed by atoms with Gasteiger partial charge in [0.05, 0.1) is 25.9 Å². The van der Waals surface area contributed by atoms with E-state index in [9.17, 15) is 4.79 Å². The van der Waals surface area contributed by atoms with E-state index in [1.165, 1.54) is 5.56 Å². The minimum Gasteiger partial charge on any atom is -0.467 e. The molecular formula is C18H25IN4O2. The molecule has 0 aliphatic rings. The first-order chi connectivity index (χ1) is 11.7. The van der Waals surface area contributed by atoms with Crippen molar-refractivity contribution in [1.82, 2.24) is 16.0 Å². The van der Waals surface area contributed by atoms with E-state index in [1.54, 1.807) is 12.3 Å². The molecule has 0 radical (unpaired) electrons. The summed E-state index contributed by atoms with van der Waals surface area (Å²) in [6, 6.07) is 11.8. The van der Waals surface area contributed by atoms with Gasteiger partial charge in [-0.15, -0.1) is 24.0 Å². The fourth-order valence-corrected chi connectivity index (χ4v) is 2.15. The number of benzene rings is 1. The average Bonchev–Trinajstić information content (AvgIpc) is 3.09. The van der Waals surface area contributed by atoms with Gasteiger partial charge >= 0.3 is 0 Å². The minimum absolute atomic E-state index is 0. The van der Waals surface area contributed by atoms with Gasteiger partial charge in [0.1, 0.15) is 5.76 Å². The van der Waals surface area contributed by atoms with Gasteiger partial charge in [0.25, 0.3) is 0 Å². The second-order valence-corrected chi connectivity index (χ2v) is 5.39. The summed E-state index contributed by atoms with van der Waals surface area (Å²) in [6.45, 7) is 5.87. The van der Waals surface area contributed by atoms with Crippen LogP contribution in [0.2, 0.25) is 0 Å². The molecule has 6 nitrogen and oxygen atoms in total. The summed E-state index contributed by atoms with van der Waals surface area (Å²) in [7, 11) is 0. The molecule has 0 unspecified atom stereocenters. The Morgan fingerprint density at radius 3 is 2.68 bits per heavy atom. The van der Waals surface area contributed by atoms with Crippen LogP contribution in [-0.4, -0.2) is 25.0 Å². The summed E-state index contributed by atoms with van der Waals surface area (Å²) < 4.78 is 5.17. The lowest BCUT2D eigenvalue weighted by Gasteiger charge is -2.11. The smallest absolute Gasteiger partial charge is 0.239 e. The predicted octanol–water partition coefficient (Wildman–Crippen LogP) is 2.58. The lowest BCUT2D eigenvalue weighted by molar-refractivity contribution is -0.120. The van der Waals surface area contributed by atoms with Gasteiger partial charge in [0.15, 0.2) is 5.96 Å². The van der Waals surface area contributed by atoms with E-state index in [0.717, 1.165) is 17.9 Å². The Balaban J connectivity index is 0.00000312. The number of furan rings is 1. The molecule has 1 heterocycles. The quantitative estimate of drug-likeness (QED) is 0.340. The van der Waals surface area contributed by atoms with Crippen LogP contribution in [0.25, 0.3) is 0 Å². The molecule has 3 N–H and O–H groups in total. The Morgan fingerprint density at radius 1 is 1.16 bits per heavy atom. The van der Waals surface area contributed by atoms with Crippen molar-refractivity contribution in [3.63, 3.8) is 0 Å². The van der Waals surface area contributed by atoms with E-state index in [4.69, 9.17) is 4.42 Å². The minimum atomic E-state index is -0.118. The molecule has 7 heteroatoms. The number of aliphatic imine (C=N–C) groups is 1. The zero-order chi connectivity index (χ0) is 17.2. The van der Waals surface area contributed by atoms with Crippen molar-refractivity contribution in [2.45, 2.75) is 26.9 Å². The van der Waals surface area contributed by atoms with Gasteiger partial charge in [0.2, 0.25) is 5.91 Å². The van der Waals surface area contributed by atoms with E-state index in [2.05, 4.69) is 40.0 Å². The highest BCUT2D eigenvalue weighted by Crippen LogP contribution is 2.05. The number of hydrogen-bond donors (Lipinski definition) is 3. The first kappa shape index (κ1) is 21.0. The van der Waals surface area contributed by atoms with Crippen molar-refractivity contribution in [3.8, 4) is 0 Å². The monoisotopic (exact) mass is 456 g/mol. The molecule has 0 fully saturated rings. The SMILES string of the molecule is CCNC(=NCc1cccc(C)c1)NCC(=O)NCc1ccco1.I. The highest BCUT2D eigenvalue weighted by Gasteiger charge is 2.04. The molecular weight excluding hydrogens is 431 g/mol. The zero-order valence-corrected chi connectivity index (χ0v) is 16.9. The number of nitrogens with zero attached hydrogens (tertiary/aromatic N) is 1. The fourth-order valence-electron chi connectivity index (χ4n) is 2.15. The Labute approximate surface area is 165 Å². The van der Waals surface area contributed by atoms with E-state index in [0.29, 0.717) is 19.0 Å². The normalized spacial score (nSPS) is 10.7. The first-order valence-corrected chi connectivity index (χ1v) is 8.04. The number of guanidine groups is 1. The molecule has 136 valence electrons. The summed E-state index contributed by atoms with van der Waals surface area (Å²) in [4.78, 5) is 16.4. The van der Waals surface area contributed by atoms with Gasteiger partial charge in [0, 0.05) is 6.54 Å². The molecule has 1 amide bonds. The molecule has 2 rings (SSSR count). The van der Waals surface area contributed by atoms with Crippen LogP contribution in [0.3, 0.4) is 0 Å². The van der Waals surface area contributed by atoms with E-state index in [1.807, 2.05) is 25.1 Å². The number of amides is 1. The molecule has 1 aromatic heterocycles. The molecule has 25 heavy (non-hydrogen) atoms. The molecule has 0 spiro atoms. The summed E-state index contributed by atoms with van der Waals surface area (Å²) in [6.07, 6.45) is 1.58. The van der Waals surface area contributed by atoms with E-state index >= 15 is 0 Å². The van der Waals surface area contributed by atoms with Crippen molar-refractivity contribution >= 4 is 35.8 Å². The maximum Gasteiger partial charge on any atom is 0.239 e. The third-order valence-corrected chi connectivity index (χ3v) is 3.30. The maximum absolute atomic E-state index is 11.9. The third kappa shape index (κ3) is 8.06. The Morgan fingerprint density at radius 2 is 2.00 bits per heavy atom. The Hall–Kier alpha value is -2.03. The van der Waals surface area contributed by atoms with Crippen LogP contribution >= 0.6 is 24.0 Å². The first-order valence-electron chi connectivity index (χ1n) is 8.04. The predicted molar refractivity (Wildman–Crippen MR) is 110 cm³/mol. The number of carbonyl (C=O) groups is 1. The standard InChI is InChI=1S/C18H24N4O2.HI/c1-3-19-18(21-11-15-7-4-6-14(2)10-15)22-13-17(23)20-12-16-8-5-9-24-16;/h4-10H,3,11-13H2,1-2H3,(H,20,23)(H2,19,21,22);1H. The van der Waals surface area contributed by atoms with Crippen molar-refractivity contribution in [1.29, 1.82) is 0 Å². The van der Waals surface area contributed by atoms with Gasteiger partial charge in [-0.05, 0) is 31.5 Å². The zero-order valence-electron chi connectivity index (χ0n) is 14.5. The molecule has 0 saturated heterocycles. The van der Waals surface area contributed by atoms with Crippen LogP contribution < -0.4 is 16.0 Å². The van der Waals surface area contributed by atoms with Gasteiger partial charge < -0.3 is 20.4 Å². The summed E-state index contributed by atoms with van der Waals surface area (Å²) >= 11 is 0. The lowest BCUT2D eigenvalue weighted by Crippen LogP contribution is -2.43. The van der Waals surface area contributed by atoms with E-state index < -0.39 is 0 Å². The average molecular weight is 456 g/mol. The largest absolute Gasteiger partial charge is 0.467 e. The van der Waals surface area contributed by atoms with Crippen molar-refractivity contribution in [3.05, 3.63) is 59.5 Å². The topological polar surface area (TPSA) is 78.7 Å². The van der Waals surface area contributed by atoms with Crippen LogP contribution in [0.4, 0.5) is 0 Å². The molecule has 0 aliphatic carbocycles. The van der Waals surface area contributed by atoms with Gasteiger partial charge in [-0.2, -0.15) is 0 Å². The molecule has 0 saturated carbocycles. The van der Waals surface area contributed by atoms with Crippen LogP contribution in [0.15, 0.2) is 52.1 Å². The number of carbonyl (C=O) groups excluding carboxylic acids is 1. The number of hydrogen-bond acceptors (Lipinski definition) is 3. The molecule has 0 bridgehead atoms. The van der Waals surface area contributed by atoms with Gasteiger partial charge in [-0.1, -0.05) is 29.8 Å². The maximum atomic E-state index is 11.9. The molecule has 0 aliphatic heterocycles. The highest BCUT2D eigenvalue weighted by atomic mass is 127. The third-order valence-electron chi connectivity index (χ3n) is 3.30. The Kier molecular flexibility index (Phi) is 9.68. The second kappa shape index (κ2) is 11.5. The highest BCUT2D eigenvalue weighted by molar-refractivity contribution is 14.0. The Bertz CT molecular complexity index is 671. The lowest BCUT2D eigenvalue weighted by atomic mass is 10.1. The van der Waals surface area contributed by atoms with Crippen LogP contribution in [0.5, 0.6) is 0 Å². The van der Waals surface area contributed by atoms with Gasteiger partial charge in [-0.3, -0.25) is 4.79 Å². The molecule has 0 atom stereocenters. The van der Waals surface area contributed by atoms with Crippen molar-refractivity contribution in [2.24, 2.45) is 4.99 Å². The summed E-state index contributed by atoms with van der Waals surface area (Å²) in [5.74, 6) is 1.23. The van der Waals surface area contributed by atoms with Crippen LogP contribution in [-0.2, 0) is 17.9 Å². The fraction of sp³-hybridized carbons (Fsp3) is 0.333. The van der Waals surface area contributed by atoms with Crippen LogP contribution in [0.1, 0.15) is 23.8 Å². The number of nitrogens with one attached hydrogen (secondary N) is 3. The summed E-state index contributed by atoms with van der Waals surface area (Å²) in [5, 5.41) is 8.95.